The van der Waals surface area contributed by atoms with Gasteiger partial charge in [-0.3, -0.25) is 4.98 Å². The second kappa shape index (κ2) is 9.18. The topological polar surface area (TPSA) is 12.9 Å². The average molecular weight is 508 g/mol. The molecule has 1 nitrogen and oxygen atoms in total. The molecule has 1 heteroatoms. The molecule has 0 atom stereocenters. The molecule has 0 N–H and O–H groups in total. The molecule has 7 aromatic carbocycles. The van der Waals surface area contributed by atoms with Crippen LogP contribution < -0.4 is 0 Å². The van der Waals surface area contributed by atoms with Crippen LogP contribution in [-0.2, 0) is 0 Å². The van der Waals surface area contributed by atoms with Crippen LogP contribution in [0.3, 0.4) is 0 Å². The van der Waals surface area contributed by atoms with E-state index in [2.05, 4.69) is 145 Å². The zero-order valence-electron chi connectivity index (χ0n) is 21.9. The van der Waals surface area contributed by atoms with Crippen LogP contribution in [0.15, 0.2) is 152 Å². The lowest BCUT2D eigenvalue weighted by atomic mass is 9.86. The highest BCUT2D eigenvalue weighted by atomic mass is 14.6. The third-order valence-corrected chi connectivity index (χ3v) is 8.12. The summed E-state index contributed by atoms with van der Waals surface area (Å²) >= 11 is 0. The molecule has 186 valence electrons. The Labute approximate surface area is 233 Å². The molecule has 0 saturated carbocycles. The van der Waals surface area contributed by atoms with E-state index in [0.717, 1.165) is 0 Å². The SMILES string of the molecule is c1ccc(-c2c3ccccc3c(-c3ccc4cc(-c5cccc6ccccc56)ccc4c3)c3cnccc23)cc1. The summed E-state index contributed by atoms with van der Waals surface area (Å²) in [6.45, 7) is 0. The molecular formula is C39H25N. The van der Waals surface area contributed by atoms with Gasteiger partial charge in [-0.15, -0.1) is 0 Å². The van der Waals surface area contributed by atoms with Gasteiger partial charge in [-0.2, -0.15) is 0 Å². The molecule has 0 aliphatic rings. The first-order valence-corrected chi connectivity index (χ1v) is 13.7. The minimum Gasteiger partial charge on any atom is -0.264 e. The number of fused-ring (bicyclic) bond motifs is 4. The smallest absolute Gasteiger partial charge is 0.0353 e. The van der Waals surface area contributed by atoms with E-state index in [1.165, 1.54) is 76.5 Å². The normalized spacial score (nSPS) is 11.5. The summed E-state index contributed by atoms with van der Waals surface area (Å²) in [6.07, 6.45) is 3.93. The number of nitrogens with zero attached hydrogens (tertiary/aromatic N) is 1. The number of hydrogen-bond donors (Lipinski definition) is 0. The van der Waals surface area contributed by atoms with Crippen LogP contribution in [0.25, 0.3) is 76.5 Å². The van der Waals surface area contributed by atoms with Gasteiger partial charge in [-0.25, -0.2) is 0 Å². The highest BCUT2D eigenvalue weighted by Crippen LogP contribution is 2.44. The van der Waals surface area contributed by atoms with E-state index in [0.29, 0.717) is 0 Å². The molecule has 0 bridgehead atoms. The van der Waals surface area contributed by atoms with Crippen molar-refractivity contribution in [1.29, 1.82) is 0 Å². The maximum Gasteiger partial charge on any atom is 0.0353 e. The van der Waals surface area contributed by atoms with Crippen molar-refractivity contribution in [3.05, 3.63) is 152 Å². The zero-order valence-corrected chi connectivity index (χ0v) is 21.9. The monoisotopic (exact) mass is 507 g/mol. The van der Waals surface area contributed by atoms with Gasteiger partial charge in [0.05, 0.1) is 0 Å². The lowest BCUT2D eigenvalue weighted by Crippen LogP contribution is -1.91. The predicted molar refractivity (Wildman–Crippen MR) is 171 cm³/mol. The largest absolute Gasteiger partial charge is 0.264 e. The summed E-state index contributed by atoms with van der Waals surface area (Å²) in [5.74, 6) is 0. The summed E-state index contributed by atoms with van der Waals surface area (Å²) in [7, 11) is 0. The molecule has 0 aliphatic heterocycles. The molecule has 0 saturated heterocycles. The Balaban J connectivity index is 1.35. The Morgan fingerprint density at radius 3 is 1.75 bits per heavy atom. The van der Waals surface area contributed by atoms with Crippen LogP contribution in [0.1, 0.15) is 0 Å². The van der Waals surface area contributed by atoms with Crippen molar-refractivity contribution in [2.75, 3.05) is 0 Å². The summed E-state index contributed by atoms with van der Waals surface area (Å²) in [4.78, 5) is 4.57. The van der Waals surface area contributed by atoms with Crippen molar-refractivity contribution in [3.8, 4) is 33.4 Å². The fourth-order valence-electron chi connectivity index (χ4n) is 6.29. The predicted octanol–water partition coefficient (Wildman–Crippen LogP) is 10.7. The first kappa shape index (κ1) is 22.7. The van der Waals surface area contributed by atoms with Crippen molar-refractivity contribution in [2.24, 2.45) is 0 Å². The minimum atomic E-state index is 1.17. The van der Waals surface area contributed by atoms with Crippen molar-refractivity contribution < 1.29 is 0 Å². The Morgan fingerprint density at radius 2 is 0.950 bits per heavy atom. The summed E-state index contributed by atoms with van der Waals surface area (Å²) in [5.41, 5.74) is 7.43. The lowest BCUT2D eigenvalue weighted by Gasteiger charge is -2.17. The molecule has 0 amide bonds. The quantitative estimate of drug-likeness (QED) is 0.217. The third kappa shape index (κ3) is 3.60. The van der Waals surface area contributed by atoms with Gasteiger partial charge in [0.15, 0.2) is 0 Å². The van der Waals surface area contributed by atoms with Gasteiger partial charge in [-0.1, -0.05) is 121 Å². The minimum absolute atomic E-state index is 1.17. The van der Waals surface area contributed by atoms with Gasteiger partial charge >= 0.3 is 0 Å². The molecular weight excluding hydrogens is 482 g/mol. The van der Waals surface area contributed by atoms with Crippen LogP contribution in [0.5, 0.6) is 0 Å². The molecule has 8 rings (SSSR count). The first-order valence-electron chi connectivity index (χ1n) is 13.7. The van der Waals surface area contributed by atoms with Crippen LogP contribution in [0, 0.1) is 0 Å². The van der Waals surface area contributed by atoms with Crippen LogP contribution in [0.2, 0.25) is 0 Å². The molecule has 1 heterocycles. The van der Waals surface area contributed by atoms with E-state index in [4.69, 9.17) is 0 Å². The molecule has 0 fully saturated rings. The Kier molecular flexibility index (Phi) is 5.21. The molecule has 40 heavy (non-hydrogen) atoms. The van der Waals surface area contributed by atoms with Crippen molar-refractivity contribution in [2.45, 2.75) is 0 Å². The van der Waals surface area contributed by atoms with E-state index in [9.17, 15) is 0 Å². The third-order valence-electron chi connectivity index (χ3n) is 8.12. The second-order valence-electron chi connectivity index (χ2n) is 10.4. The lowest BCUT2D eigenvalue weighted by molar-refractivity contribution is 1.37. The first-order chi connectivity index (χ1) is 19.8. The zero-order chi connectivity index (χ0) is 26.5. The van der Waals surface area contributed by atoms with Gasteiger partial charge in [0.2, 0.25) is 0 Å². The number of hydrogen-bond acceptors (Lipinski definition) is 1. The Hall–Kier alpha value is -5.27. The average Bonchev–Trinajstić information content (AvgIpc) is 3.03. The van der Waals surface area contributed by atoms with Gasteiger partial charge in [0, 0.05) is 17.8 Å². The maximum absolute atomic E-state index is 4.57. The molecule has 0 aliphatic carbocycles. The highest BCUT2D eigenvalue weighted by molar-refractivity contribution is 6.21. The van der Waals surface area contributed by atoms with Gasteiger partial charge < -0.3 is 0 Å². The van der Waals surface area contributed by atoms with Gasteiger partial charge in [0.25, 0.3) is 0 Å². The van der Waals surface area contributed by atoms with Crippen LogP contribution >= 0.6 is 0 Å². The van der Waals surface area contributed by atoms with Gasteiger partial charge in [-0.05, 0) is 89.3 Å². The van der Waals surface area contributed by atoms with Crippen molar-refractivity contribution in [3.63, 3.8) is 0 Å². The number of rotatable bonds is 3. The Morgan fingerprint density at radius 1 is 0.350 bits per heavy atom. The van der Waals surface area contributed by atoms with Gasteiger partial charge in [0.1, 0.15) is 0 Å². The van der Waals surface area contributed by atoms with E-state index >= 15 is 0 Å². The standard InChI is InChI=1S/C39H25N/c1-2-10-27(11-3-1)38-34-14-6-7-15-35(34)39(37-25-40-22-21-36(37)38)31-20-18-28-23-30(19-17-29(28)24-31)33-16-8-12-26-9-4-5-13-32(26)33/h1-25H. The fourth-order valence-corrected chi connectivity index (χ4v) is 6.29. The van der Waals surface area contributed by atoms with E-state index in [1.807, 2.05) is 12.4 Å². The van der Waals surface area contributed by atoms with Crippen LogP contribution in [-0.4, -0.2) is 4.98 Å². The molecule has 0 spiro atoms. The number of aromatic nitrogens is 1. The fraction of sp³-hybridized carbons (Fsp3) is 0. The van der Waals surface area contributed by atoms with E-state index in [1.54, 1.807) is 0 Å². The molecule has 1 aromatic heterocycles. The highest BCUT2D eigenvalue weighted by Gasteiger charge is 2.17. The molecule has 0 unspecified atom stereocenters. The summed E-state index contributed by atoms with van der Waals surface area (Å²) in [6, 6.07) is 50.5. The van der Waals surface area contributed by atoms with Crippen molar-refractivity contribution in [1.82, 2.24) is 4.98 Å². The van der Waals surface area contributed by atoms with E-state index in [-0.39, 0.29) is 0 Å². The number of benzene rings is 7. The summed E-state index contributed by atoms with van der Waals surface area (Å²) < 4.78 is 0. The second-order valence-corrected chi connectivity index (χ2v) is 10.4. The molecule has 0 radical (unpaired) electrons. The maximum atomic E-state index is 4.57. The van der Waals surface area contributed by atoms with Crippen LogP contribution in [0.4, 0.5) is 0 Å². The van der Waals surface area contributed by atoms with E-state index < -0.39 is 0 Å². The summed E-state index contributed by atoms with van der Waals surface area (Å²) in [5, 5.41) is 9.92. The number of pyridine rings is 1. The molecule has 8 aromatic rings. The van der Waals surface area contributed by atoms with Crippen molar-refractivity contribution >= 4 is 43.1 Å². The Bertz CT molecular complexity index is 2150.